The van der Waals surface area contributed by atoms with Crippen molar-refractivity contribution in [3.8, 4) is 0 Å². The van der Waals surface area contributed by atoms with Crippen LogP contribution in [0.15, 0.2) is 17.2 Å². The first-order valence-electron chi connectivity index (χ1n) is 3.99. The van der Waals surface area contributed by atoms with Gasteiger partial charge in [-0.25, -0.2) is 9.78 Å². The molecule has 0 atom stereocenters. The van der Waals surface area contributed by atoms with Gasteiger partial charge in [0.2, 0.25) is 0 Å². The van der Waals surface area contributed by atoms with Crippen molar-refractivity contribution in [2.45, 2.75) is 18.9 Å². The minimum Gasteiger partial charge on any atom is -0.478 e. The number of hydrogen-bond acceptors (Lipinski definition) is 3. The molecular formula is C9H11NO2S. The summed E-state index contributed by atoms with van der Waals surface area (Å²) in [4.78, 5) is 14.9. The highest BCUT2D eigenvalue weighted by Gasteiger charge is 2.10. The first kappa shape index (κ1) is 10.1. The smallest absolute Gasteiger partial charge is 0.338 e. The van der Waals surface area contributed by atoms with Crippen LogP contribution in [0.5, 0.6) is 0 Å². The number of carbonyl (C=O) groups is 1. The minimum atomic E-state index is -0.913. The molecule has 0 radical (unpaired) electrons. The Morgan fingerprint density at radius 3 is 2.85 bits per heavy atom. The number of nitrogens with zero attached hydrogens (tertiary/aromatic N) is 1. The number of carboxylic acid groups (broad SMARTS) is 1. The molecule has 1 heterocycles. The quantitative estimate of drug-likeness (QED) is 0.755. The molecule has 13 heavy (non-hydrogen) atoms. The Morgan fingerprint density at radius 2 is 2.31 bits per heavy atom. The third-order valence-electron chi connectivity index (χ3n) is 1.51. The summed E-state index contributed by atoms with van der Waals surface area (Å²) >= 11 is 1.45. The van der Waals surface area contributed by atoms with Crippen molar-refractivity contribution in [1.82, 2.24) is 4.98 Å². The van der Waals surface area contributed by atoms with Crippen molar-refractivity contribution < 1.29 is 9.90 Å². The van der Waals surface area contributed by atoms with Crippen LogP contribution in [0.1, 0.15) is 23.0 Å². The molecule has 1 N–H and O–H groups in total. The Morgan fingerprint density at radius 1 is 1.62 bits per heavy atom. The molecule has 3 nitrogen and oxygen atoms in total. The highest BCUT2D eigenvalue weighted by atomic mass is 32.2. The fourth-order valence-corrected chi connectivity index (χ4v) is 1.74. The van der Waals surface area contributed by atoms with Crippen LogP contribution in [-0.4, -0.2) is 21.8 Å². The van der Waals surface area contributed by atoms with Gasteiger partial charge in [-0.2, -0.15) is 0 Å². The van der Waals surface area contributed by atoms with Gasteiger partial charge in [-0.1, -0.05) is 6.92 Å². The van der Waals surface area contributed by atoms with E-state index in [2.05, 4.69) is 4.98 Å². The Hall–Kier alpha value is -1.03. The maximum Gasteiger partial charge on any atom is 0.338 e. The molecule has 1 rings (SSSR count). The van der Waals surface area contributed by atoms with Gasteiger partial charge in [0.25, 0.3) is 0 Å². The van der Waals surface area contributed by atoms with E-state index in [9.17, 15) is 4.79 Å². The Balaban J connectivity index is 3.10. The van der Waals surface area contributed by atoms with Gasteiger partial charge >= 0.3 is 5.97 Å². The van der Waals surface area contributed by atoms with E-state index >= 15 is 0 Å². The second-order valence-corrected chi connectivity index (χ2v) is 3.80. The zero-order chi connectivity index (χ0) is 9.84. The predicted molar refractivity (Wildman–Crippen MR) is 52.3 cm³/mol. The molecule has 0 bridgehead atoms. The second kappa shape index (κ2) is 4.28. The maximum absolute atomic E-state index is 10.8. The number of aromatic carboxylic acids is 1. The first-order valence-corrected chi connectivity index (χ1v) is 4.97. The van der Waals surface area contributed by atoms with Gasteiger partial charge in [0, 0.05) is 5.69 Å². The Labute approximate surface area is 81.2 Å². The van der Waals surface area contributed by atoms with Crippen LogP contribution in [0.3, 0.4) is 0 Å². The summed E-state index contributed by atoms with van der Waals surface area (Å²) in [5.74, 6) is -0.0834. The normalized spacial score (nSPS) is 10.0. The van der Waals surface area contributed by atoms with Crippen LogP contribution < -0.4 is 0 Å². The van der Waals surface area contributed by atoms with E-state index in [1.54, 1.807) is 12.1 Å². The van der Waals surface area contributed by atoms with Crippen molar-refractivity contribution in [3.63, 3.8) is 0 Å². The molecule has 0 amide bonds. The lowest BCUT2D eigenvalue weighted by Gasteiger charge is -2.03. The molecular weight excluding hydrogens is 186 g/mol. The number of thioether (sulfide) groups is 1. The minimum absolute atomic E-state index is 0.289. The summed E-state index contributed by atoms with van der Waals surface area (Å²) in [6.07, 6.45) is 0. The van der Waals surface area contributed by atoms with Crippen LogP contribution >= 0.6 is 11.8 Å². The van der Waals surface area contributed by atoms with E-state index in [1.165, 1.54) is 11.8 Å². The zero-order valence-electron chi connectivity index (χ0n) is 7.57. The highest BCUT2D eigenvalue weighted by Crippen LogP contribution is 2.20. The van der Waals surface area contributed by atoms with Gasteiger partial charge in [-0.3, -0.25) is 0 Å². The second-order valence-electron chi connectivity index (χ2n) is 2.54. The predicted octanol–water partition coefficient (Wildman–Crippen LogP) is 2.20. The molecule has 0 saturated heterocycles. The van der Waals surface area contributed by atoms with Crippen molar-refractivity contribution in [2.75, 3.05) is 5.75 Å². The third kappa shape index (κ3) is 2.45. The van der Waals surface area contributed by atoms with Crippen molar-refractivity contribution in [1.29, 1.82) is 0 Å². The van der Waals surface area contributed by atoms with Gasteiger partial charge in [-0.05, 0) is 24.8 Å². The highest BCUT2D eigenvalue weighted by molar-refractivity contribution is 7.99. The lowest BCUT2D eigenvalue weighted by Crippen LogP contribution is -2.01. The van der Waals surface area contributed by atoms with Crippen LogP contribution in [0.25, 0.3) is 0 Å². The molecule has 1 aromatic rings. The fraction of sp³-hybridized carbons (Fsp3) is 0.333. The average molecular weight is 197 g/mol. The molecule has 0 aliphatic rings. The lowest BCUT2D eigenvalue weighted by molar-refractivity contribution is 0.0692. The molecule has 0 spiro atoms. The number of rotatable bonds is 3. The third-order valence-corrected chi connectivity index (χ3v) is 2.38. The number of hydrogen-bond donors (Lipinski definition) is 1. The number of aryl methyl sites for hydroxylation is 1. The summed E-state index contributed by atoms with van der Waals surface area (Å²) in [5, 5.41) is 9.44. The largest absolute Gasteiger partial charge is 0.478 e. The molecule has 0 unspecified atom stereocenters. The van der Waals surface area contributed by atoms with Crippen molar-refractivity contribution in [2.24, 2.45) is 0 Å². The van der Waals surface area contributed by atoms with E-state index in [-0.39, 0.29) is 5.56 Å². The van der Waals surface area contributed by atoms with E-state index < -0.39 is 5.97 Å². The van der Waals surface area contributed by atoms with Crippen LogP contribution in [0, 0.1) is 6.92 Å². The topological polar surface area (TPSA) is 50.2 Å². The molecule has 0 aliphatic heterocycles. The number of aromatic nitrogens is 1. The Kier molecular flexibility index (Phi) is 3.31. The number of carboxylic acids is 1. The molecule has 0 aromatic carbocycles. The monoisotopic (exact) mass is 197 g/mol. The Bertz CT molecular complexity index is 325. The standard InChI is InChI=1S/C9H11NO2S/c1-3-13-8-7(9(11)12)5-4-6(2)10-8/h4-5H,3H2,1-2H3,(H,11,12). The van der Waals surface area contributed by atoms with Gasteiger partial charge < -0.3 is 5.11 Å². The summed E-state index contributed by atoms with van der Waals surface area (Å²) in [7, 11) is 0. The van der Waals surface area contributed by atoms with E-state index in [0.29, 0.717) is 5.03 Å². The SMILES string of the molecule is CCSc1nc(C)ccc1C(=O)O. The van der Waals surface area contributed by atoms with Gasteiger partial charge in [0.15, 0.2) is 0 Å². The molecule has 4 heteroatoms. The van der Waals surface area contributed by atoms with Crippen LogP contribution in [0.2, 0.25) is 0 Å². The molecule has 0 fully saturated rings. The summed E-state index contributed by atoms with van der Waals surface area (Å²) < 4.78 is 0. The fourth-order valence-electron chi connectivity index (χ4n) is 0.942. The van der Waals surface area contributed by atoms with Crippen molar-refractivity contribution in [3.05, 3.63) is 23.4 Å². The first-order chi connectivity index (χ1) is 6.15. The van der Waals surface area contributed by atoms with Crippen LogP contribution in [0.4, 0.5) is 0 Å². The van der Waals surface area contributed by atoms with Gasteiger partial charge in [0.05, 0.1) is 5.56 Å². The maximum atomic E-state index is 10.8. The summed E-state index contributed by atoms with van der Waals surface area (Å²) in [6.45, 7) is 3.83. The van der Waals surface area contributed by atoms with E-state index in [1.807, 2.05) is 13.8 Å². The van der Waals surface area contributed by atoms with Crippen molar-refractivity contribution >= 4 is 17.7 Å². The molecule has 0 aliphatic carbocycles. The summed E-state index contributed by atoms with van der Waals surface area (Å²) in [5.41, 5.74) is 1.14. The van der Waals surface area contributed by atoms with E-state index in [4.69, 9.17) is 5.11 Å². The molecule has 0 saturated carbocycles. The van der Waals surface area contributed by atoms with Gasteiger partial charge in [-0.15, -0.1) is 11.8 Å². The van der Waals surface area contributed by atoms with Crippen LogP contribution in [-0.2, 0) is 0 Å². The average Bonchev–Trinajstić information content (AvgIpc) is 2.04. The molecule has 70 valence electrons. The van der Waals surface area contributed by atoms with E-state index in [0.717, 1.165) is 11.4 Å². The lowest BCUT2D eigenvalue weighted by atomic mass is 10.2. The summed E-state index contributed by atoms with van der Waals surface area (Å²) in [6, 6.07) is 3.31. The zero-order valence-corrected chi connectivity index (χ0v) is 8.39. The number of pyridine rings is 1. The van der Waals surface area contributed by atoms with Gasteiger partial charge in [0.1, 0.15) is 5.03 Å². The molecule has 1 aromatic heterocycles.